The number of aliphatic hydroxyl groups is 1. The highest BCUT2D eigenvalue weighted by atomic mass is 28.3. The zero-order valence-corrected chi connectivity index (χ0v) is 10.5. The molecule has 0 aromatic rings. The summed E-state index contributed by atoms with van der Waals surface area (Å²) < 4.78 is 0. The lowest BCUT2D eigenvalue weighted by Gasteiger charge is -2.10. The van der Waals surface area contributed by atoms with Crippen LogP contribution in [0.15, 0.2) is 0 Å². The van der Waals surface area contributed by atoms with Crippen molar-refractivity contribution in [3.8, 4) is 11.5 Å². The molecule has 0 saturated carbocycles. The van der Waals surface area contributed by atoms with E-state index in [1.54, 1.807) is 0 Å². The van der Waals surface area contributed by atoms with Crippen LogP contribution in [0.3, 0.4) is 0 Å². The van der Waals surface area contributed by atoms with Gasteiger partial charge in [0.25, 0.3) is 0 Å². The summed E-state index contributed by atoms with van der Waals surface area (Å²) in [7, 11) is -1.20. The Kier molecular flexibility index (Phi) is 5.35. The highest BCUT2D eigenvalue weighted by molar-refractivity contribution is 6.83. The van der Waals surface area contributed by atoms with Gasteiger partial charge < -0.3 is 5.11 Å². The Hall–Kier alpha value is -0.263. The lowest BCUT2D eigenvalue weighted by atomic mass is 9.99. The predicted molar refractivity (Wildman–Crippen MR) is 61.2 cm³/mol. The van der Waals surface area contributed by atoms with E-state index >= 15 is 0 Å². The smallest absolute Gasteiger partial charge is 0.129 e. The molecule has 0 aromatic carbocycles. The molecule has 0 heterocycles. The van der Waals surface area contributed by atoms with E-state index in [9.17, 15) is 0 Å². The fourth-order valence-corrected chi connectivity index (χ4v) is 1.76. The molecule has 1 N–H and O–H groups in total. The van der Waals surface area contributed by atoms with Gasteiger partial charge in [-0.05, 0) is 12.3 Å². The molecule has 0 bridgehead atoms. The molecule has 0 unspecified atom stereocenters. The minimum Gasteiger partial charge on any atom is -0.396 e. The van der Waals surface area contributed by atoms with Gasteiger partial charge in [-0.3, -0.25) is 0 Å². The van der Waals surface area contributed by atoms with Crippen LogP contribution < -0.4 is 0 Å². The normalized spacial score (nSPS) is 15.8. The highest BCUT2D eigenvalue weighted by Gasteiger charge is 2.09. The molecule has 0 saturated heterocycles. The van der Waals surface area contributed by atoms with Gasteiger partial charge in [0.15, 0.2) is 0 Å². The third-order valence-electron chi connectivity index (χ3n) is 1.76. The SMILES string of the molecule is C[C@@H](CO)C[C@@H](C)C#C[Si](C)(C)C. The van der Waals surface area contributed by atoms with Crippen LogP contribution in [0.2, 0.25) is 19.6 Å². The Balaban J connectivity index is 3.98. The fourth-order valence-electron chi connectivity index (χ4n) is 1.08. The van der Waals surface area contributed by atoms with Crippen molar-refractivity contribution in [1.29, 1.82) is 0 Å². The van der Waals surface area contributed by atoms with Gasteiger partial charge in [0, 0.05) is 12.5 Å². The summed E-state index contributed by atoms with van der Waals surface area (Å²) in [5.41, 5.74) is 3.36. The number of rotatable bonds is 3. The first kappa shape index (κ1) is 12.7. The second-order valence-electron chi connectivity index (χ2n) is 4.94. The van der Waals surface area contributed by atoms with E-state index < -0.39 is 8.07 Å². The molecule has 76 valence electrons. The molecule has 2 atom stereocenters. The highest BCUT2D eigenvalue weighted by Crippen LogP contribution is 2.10. The maximum atomic E-state index is 8.87. The van der Waals surface area contributed by atoms with Gasteiger partial charge in [0.2, 0.25) is 0 Å². The molecular formula is C11H22OSi. The first-order chi connectivity index (χ1) is 5.85. The van der Waals surface area contributed by atoms with E-state index in [1.165, 1.54) is 0 Å². The van der Waals surface area contributed by atoms with Crippen LogP contribution in [0.4, 0.5) is 0 Å². The van der Waals surface area contributed by atoms with Crippen molar-refractivity contribution in [2.75, 3.05) is 6.61 Å². The molecule has 0 fully saturated rings. The summed E-state index contributed by atoms with van der Waals surface area (Å²) in [6, 6.07) is 0. The van der Waals surface area contributed by atoms with Crippen LogP contribution in [0.25, 0.3) is 0 Å². The minimum absolute atomic E-state index is 0.277. The second kappa shape index (κ2) is 5.46. The first-order valence-corrected chi connectivity index (χ1v) is 8.48. The van der Waals surface area contributed by atoms with E-state index in [2.05, 4.69) is 45.0 Å². The van der Waals surface area contributed by atoms with E-state index in [0.29, 0.717) is 11.8 Å². The molecule has 0 aliphatic rings. The molecule has 0 radical (unpaired) electrons. The van der Waals surface area contributed by atoms with E-state index in [0.717, 1.165) is 6.42 Å². The van der Waals surface area contributed by atoms with Crippen molar-refractivity contribution in [3.05, 3.63) is 0 Å². The standard InChI is InChI=1S/C11H22OSi/c1-10(8-11(2)9-12)6-7-13(3,4)5/h10-12H,8-9H2,1-5H3/t10-,11+/m0/s1. The third-order valence-corrected chi connectivity index (χ3v) is 2.66. The van der Waals surface area contributed by atoms with E-state index in [1.807, 2.05) is 0 Å². The Morgan fingerprint density at radius 3 is 2.15 bits per heavy atom. The van der Waals surface area contributed by atoms with Crippen molar-refractivity contribution >= 4 is 8.07 Å². The predicted octanol–water partition coefficient (Wildman–Crippen LogP) is 2.52. The summed E-state index contributed by atoms with van der Waals surface area (Å²) in [4.78, 5) is 0. The van der Waals surface area contributed by atoms with Gasteiger partial charge in [-0.2, -0.15) is 0 Å². The molecule has 1 nitrogen and oxygen atoms in total. The van der Waals surface area contributed by atoms with Crippen LogP contribution in [0.5, 0.6) is 0 Å². The third kappa shape index (κ3) is 8.08. The van der Waals surface area contributed by atoms with Crippen molar-refractivity contribution in [2.45, 2.75) is 39.9 Å². The number of hydrogen-bond donors (Lipinski definition) is 1. The number of aliphatic hydroxyl groups excluding tert-OH is 1. The maximum Gasteiger partial charge on any atom is 0.129 e. The van der Waals surface area contributed by atoms with Crippen LogP contribution in [0.1, 0.15) is 20.3 Å². The Bertz CT molecular complexity index is 194. The molecule has 2 heteroatoms. The number of hydrogen-bond acceptors (Lipinski definition) is 1. The van der Waals surface area contributed by atoms with Gasteiger partial charge >= 0.3 is 0 Å². The zero-order valence-electron chi connectivity index (χ0n) is 9.52. The summed E-state index contributed by atoms with van der Waals surface area (Å²) >= 11 is 0. The van der Waals surface area contributed by atoms with Gasteiger partial charge in [-0.15, -0.1) is 11.5 Å². The second-order valence-corrected chi connectivity index (χ2v) is 9.69. The van der Waals surface area contributed by atoms with Crippen LogP contribution in [-0.4, -0.2) is 19.8 Å². The van der Waals surface area contributed by atoms with Gasteiger partial charge in [-0.1, -0.05) is 33.5 Å². The fraction of sp³-hybridized carbons (Fsp3) is 0.818. The van der Waals surface area contributed by atoms with Gasteiger partial charge in [-0.25, -0.2) is 0 Å². The molecule has 0 spiro atoms. The molecule has 0 amide bonds. The largest absolute Gasteiger partial charge is 0.396 e. The minimum atomic E-state index is -1.20. The molecule has 0 rings (SSSR count). The lowest BCUT2D eigenvalue weighted by Crippen LogP contribution is -2.17. The zero-order chi connectivity index (χ0) is 10.5. The Labute approximate surface area is 83.6 Å². The Morgan fingerprint density at radius 2 is 1.77 bits per heavy atom. The maximum absolute atomic E-state index is 8.87. The lowest BCUT2D eigenvalue weighted by molar-refractivity contribution is 0.223. The molecule has 0 aliphatic carbocycles. The summed E-state index contributed by atoms with van der Waals surface area (Å²) in [5, 5.41) is 8.87. The van der Waals surface area contributed by atoms with Crippen molar-refractivity contribution in [3.63, 3.8) is 0 Å². The first-order valence-electron chi connectivity index (χ1n) is 4.98. The van der Waals surface area contributed by atoms with Crippen LogP contribution >= 0.6 is 0 Å². The summed E-state index contributed by atoms with van der Waals surface area (Å²) in [6.45, 7) is 11.2. The quantitative estimate of drug-likeness (QED) is 0.546. The van der Waals surface area contributed by atoms with E-state index in [-0.39, 0.29) is 6.61 Å². The summed E-state index contributed by atoms with van der Waals surface area (Å²) in [6.07, 6.45) is 1.01. The van der Waals surface area contributed by atoms with Crippen molar-refractivity contribution in [2.24, 2.45) is 11.8 Å². The van der Waals surface area contributed by atoms with Gasteiger partial charge in [0.1, 0.15) is 8.07 Å². The monoisotopic (exact) mass is 198 g/mol. The average Bonchev–Trinajstić information content (AvgIpc) is 1.99. The summed E-state index contributed by atoms with van der Waals surface area (Å²) in [5.74, 6) is 4.09. The van der Waals surface area contributed by atoms with Crippen molar-refractivity contribution in [1.82, 2.24) is 0 Å². The van der Waals surface area contributed by atoms with Crippen molar-refractivity contribution < 1.29 is 5.11 Å². The van der Waals surface area contributed by atoms with Crippen LogP contribution in [0, 0.1) is 23.3 Å². The molecule has 0 aliphatic heterocycles. The molecular weight excluding hydrogens is 176 g/mol. The van der Waals surface area contributed by atoms with Gasteiger partial charge in [0.05, 0.1) is 0 Å². The van der Waals surface area contributed by atoms with Crippen LogP contribution in [-0.2, 0) is 0 Å². The topological polar surface area (TPSA) is 20.2 Å². The Morgan fingerprint density at radius 1 is 1.23 bits per heavy atom. The molecule has 13 heavy (non-hydrogen) atoms. The average molecular weight is 198 g/mol. The van der Waals surface area contributed by atoms with E-state index in [4.69, 9.17) is 5.11 Å². The molecule has 0 aromatic heterocycles.